The Hall–Kier alpha value is -4.49. The molecule has 2 aromatic heterocycles. The molecule has 0 unspecified atom stereocenters. The van der Waals surface area contributed by atoms with Crippen molar-refractivity contribution in [1.29, 1.82) is 0 Å². The van der Waals surface area contributed by atoms with Crippen LogP contribution in [-0.2, 0) is 0 Å². The molecule has 2 aliphatic rings. The summed E-state index contributed by atoms with van der Waals surface area (Å²) in [6, 6.07) is 0.859. The van der Waals surface area contributed by atoms with Gasteiger partial charge in [-0.25, -0.2) is 41.8 Å². The summed E-state index contributed by atoms with van der Waals surface area (Å²) >= 11 is 0. The third-order valence-electron chi connectivity index (χ3n) is 6.35. The highest BCUT2D eigenvalue weighted by Gasteiger charge is 2.40. The van der Waals surface area contributed by atoms with Crippen molar-refractivity contribution >= 4 is 18.2 Å². The molecule has 4 heterocycles. The van der Waals surface area contributed by atoms with Gasteiger partial charge in [0.2, 0.25) is 0 Å². The molecule has 0 bridgehead atoms. The third-order valence-corrected chi connectivity index (χ3v) is 6.35. The van der Waals surface area contributed by atoms with Gasteiger partial charge in [0.25, 0.3) is 0 Å². The third kappa shape index (κ3) is 4.31. The molecule has 198 valence electrons. The molecule has 0 radical (unpaired) electrons. The van der Waals surface area contributed by atoms with Gasteiger partial charge < -0.3 is 14.7 Å². The van der Waals surface area contributed by atoms with Gasteiger partial charge in [0, 0.05) is 30.3 Å². The minimum absolute atomic E-state index is 0.00970. The topological polar surface area (TPSA) is 113 Å². The number of carbonyl (C=O) groups excluding carboxylic acids is 1. The van der Waals surface area contributed by atoms with Crippen molar-refractivity contribution in [1.82, 2.24) is 24.7 Å². The molecule has 5 rings (SSSR count). The Bertz CT molecular complexity index is 1490. The number of amides is 2. The van der Waals surface area contributed by atoms with Crippen LogP contribution < -0.4 is 4.74 Å². The Balaban J connectivity index is 1.27. The summed E-state index contributed by atoms with van der Waals surface area (Å²) in [5.41, 5.74) is 0.245. The van der Waals surface area contributed by atoms with E-state index in [1.807, 2.05) is 0 Å². The lowest BCUT2D eigenvalue weighted by molar-refractivity contribution is 0.0254. The maximum atomic E-state index is 14.4. The van der Waals surface area contributed by atoms with Gasteiger partial charge in [-0.2, -0.15) is 10.2 Å². The van der Waals surface area contributed by atoms with Crippen LogP contribution in [0.15, 0.2) is 29.5 Å². The summed E-state index contributed by atoms with van der Waals surface area (Å²) in [5, 5.41) is 18.4. The van der Waals surface area contributed by atoms with E-state index in [1.54, 1.807) is 6.92 Å². The van der Waals surface area contributed by atoms with Gasteiger partial charge in [-0.3, -0.25) is 0 Å². The number of aromatic carboxylic acids is 1. The second kappa shape index (κ2) is 9.43. The summed E-state index contributed by atoms with van der Waals surface area (Å²) in [5.74, 6) is -5.56. The molecule has 1 atom stereocenters. The summed E-state index contributed by atoms with van der Waals surface area (Å²) in [7, 11) is 0. The average Bonchev–Trinajstić information content (AvgIpc) is 3.43. The number of urea groups is 1. The zero-order valence-electron chi connectivity index (χ0n) is 20.0. The Morgan fingerprint density at radius 1 is 1.08 bits per heavy atom. The van der Waals surface area contributed by atoms with Gasteiger partial charge in [0.05, 0.1) is 36.7 Å². The first-order valence-corrected chi connectivity index (χ1v) is 11.4. The number of hydrogen-bond donors (Lipinski definition) is 1. The fraction of sp³-hybridized carbons (Fsp3) is 0.292. The van der Waals surface area contributed by atoms with E-state index < -0.39 is 47.4 Å². The first-order valence-electron chi connectivity index (χ1n) is 11.4. The number of ether oxygens (including phenoxy) is 1. The summed E-state index contributed by atoms with van der Waals surface area (Å²) < 4.78 is 63.1. The molecule has 3 aromatic rings. The van der Waals surface area contributed by atoms with Gasteiger partial charge in [0.15, 0.2) is 29.0 Å². The van der Waals surface area contributed by atoms with Gasteiger partial charge in [-0.1, -0.05) is 0 Å². The average molecular weight is 532 g/mol. The SMILES string of the molecule is Cc1nn(-c2cc(OC3CN(C(=O)N4N=CC[C@H]4c4cc(F)cc(F)c4F)C3)c(F)cn2)c(C)c1C(=O)O. The van der Waals surface area contributed by atoms with Crippen molar-refractivity contribution in [3.05, 3.63) is 70.2 Å². The lowest BCUT2D eigenvalue weighted by Gasteiger charge is -2.41. The number of pyridine rings is 1. The van der Waals surface area contributed by atoms with Crippen molar-refractivity contribution in [2.24, 2.45) is 5.10 Å². The first kappa shape index (κ1) is 25.2. The molecule has 10 nitrogen and oxygen atoms in total. The molecule has 2 aliphatic heterocycles. The number of likely N-dealkylation sites (tertiary alicyclic amines) is 1. The van der Waals surface area contributed by atoms with Crippen LogP contribution in [0.5, 0.6) is 5.75 Å². The second-order valence-corrected chi connectivity index (χ2v) is 8.85. The van der Waals surface area contributed by atoms with E-state index in [4.69, 9.17) is 4.74 Å². The molecule has 38 heavy (non-hydrogen) atoms. The molecule has 0 aliphatic carbocycles. The largest absolute Gasteiger partial charge is 0.483 e. The Morgan fingerprint density at radius 3 is 2.50 bits per heavy atom. The number of carboxylic acid groups (broad SMARTS) is 1. The van der Waals surface area contributed by atoms with E-state index in [9.17, 15) is 32.3 Å². The van der Waals surface area contributed by atoms with Crippen molar-refractivity contribution in [2.75, 3.05) is 13.1 Å². The lowest BCUT2D eigenvalue weighted by atomic mass is 10.0. The van der Waals surface area contributed by atoms with Crippen molar-refractivity contribution in [3.63, 3.8) is 0 Å². The minimum Gasteiger partial charge on any atom is -0.483 e. The Kier molecular flexibility index (Phi) is 6.25. The van der Waals surface area contributed by atoms with E-state index in [0.717, 1.165) is 17.3 Å². The fourth-order valence-corrected chi connectivity index (χ4v) is 4.46. The molecule has 0 saturated carbocycles. The molecule has 0 spiro atoms. The maximum Gasteiger partial charge on any atom is 0.341 e. The van der Waals surface area contributed by atoms with Crippen LogP contribution in [0.3, 0.4) is 0 Å². The van der Waals surface area contributed by atoms with Crippen LogP contribution in [0.1, 0.15) is 39.8 Å². The first-order chi connectivity index (χ1) is 18.0. The number of carboxylic acids is 1. The molecule has 2 amide bonds. The number of carbonyl (C=O) groups is 2. The lowest BCUT2D eigenvalue weighted by Crippen LogP contribution is -2.59. The molecule has 1 aromatic carbocycles. The molecule has 14 heteroatoms. The number of aromatic nitrogens is 3. The van der Waals surface area contributed by atoms with E-state index in [-0.39, 0.29) is 47.9 Å². The summed E-state index contributed by atoms with van der Waals surface area (Å²) in [4.78, 5) is 29.7. The molecule has 1 saturated heterocycles. The van der Waals surface area contributed by atoms with Crippen molar-refractivity contribution in [2.45, 2.75) is 32.4 Å². The van der Waals surface area contributed by atoms with Crippen molar-refractivity contribution < 1.29 is 37.0 Å². The highest BCUT2D eigenvalue weighted by atomic mass is 19.2. The van der Waals surface area contributed by atoms with E-state index >= 15 is 0 Å². The zero-order chi connectivity index (χ0) is 27.3. The number of rotatable bonds is 5. The Morgan fingerprint density at radius 2 is 1.82 bits per heavy atom. The number of hydrazone groups is 1. The molecule has 1 fully saturated rings. The predicted molar refractivity (Wildman–Crippen MR) is 123 cm³/mol. The van der Waals surface area contributed by atoms with Gasteiger partial charge >= 0.3 is 12.0 Å². The number of halogens is 4. The van der Waals surface area contributed by atoms with Crippen LogP contribution in [0.4, 0.5) is 22.4 Å². The summed E-state index contributed by atoms with van der Waals surface area (Å²) in [6.45, 7) is 3.15. The molecular weight excluding hydrogens is 512 g/mol. The maximum absolute atomic E-state index is 14.4. The van der Waals surface area contributed by atoms with Crippen molar-refractivity contribution in [3.8, 4) is 11.6 Å². The van der Waals surface area contributed by atoms with Gasteiger partial charge in [0.1, 0.15) is 17.5 Å². The van der Waals surface area contributed by atoms with E-state index in [0.29, 0.717) is 11.8 Å². The van der Waals surface area contributed by atoms with Crippen LogP contribution in [0.2, 0.25) is 0 Å². The van der Waals surface area contributed by atoms with Crippen LogP contribution in [0.25, 0.3) is 5.82 Å². The quantitative estimate of drug-likeness (QED) is 0.396. The predicted octanol–water partition coefficient (Wildman–Crippen LogP) is 3.75. The highest BCUT2D eigenvalue weighted by Crippen LogP contribution is 2.34. The zero-order valence-corrected chi connectivity index (χ0v) is 20.0. The second-order valence-electron chi connectivity index (χ2n) is 8.85. The standard InChI is InChI=1S/C24H20F4N6O4/c1-11-21(23(35)36)12(2)33(31-11)20-7-19(17(27)8-29-20)38-14-9-32(10-14)24(37)34-18(3-4-30-34)15-5-13(25)6-16(26)22(15)28/h4-8,14,18H,3,9-10H2,1-2H3,(H,35,36)/t18-/m0/s1. The van der Waals surface area contributed by atoms with Crippen LogP contribution in [-0.4, -0.2) is 67.2 Å². The monoisotopic (exact) mass is 532 g/mol. The number of nitrogens with zero attached hydrogens (tertiary/aromatic N) is 6. The minimum atomic E-state index is -1.37. The van der Waals surface area contributed by atoms with Gasteiger partial charge in [-0.05, 0) is 19.9 Å². The number of aryl methyl sites for hydroxylation is 1. The van der Waals surface area contributed by atoms with E-state index in [1.165, 1.54) is 28.8 Å². The van der Waals surface area contributed by atoms with Crippen LogP contribution in [0, 0.1) is 37.1 Å². The smallest absolute Gasteiger partial charge is 0.341 e. The highest BCUT2D eigenvalue weighted by molar-refractivity contribution is 5.90. The van der Waals surface area contributed by atoms with E-state index in [2.05, 4.69) is 15.2 Å². The van der Waals surface area contributed by atoms with Crippen LogP contribution >= 0.6 is 0 Å². The normalized spacial score (nSPS) is 17.2. The summed E-state index contributed by atoms with van der Waals surface area (Å²) in [6.07, 6.45) is 1.73. The fourth-order valence-electron chi connectivity index (χ4n) is 4.46. The number of benzene rings is 1. The van der Waals surface area contributed by atoms with Gasteiger partial charge in [-0.15, -0.1) is 0 Å². The Labute approximate surface area is 212 Å². The number of hydrogen-bond acceptors (Lipinski definition) is 6. The molecular formula is C24H20F4N6O4. The molecule has 1 N–H and O–H groups in total.